The highest BCUT2D eigenvalue weighted by Gasteiger charge is 2.03. The topological polar surface area (TPSA) is 18.5 Å². The van der Waals surface area contributed by atoms with E-state index in [-0.39, 0.29) is 0 Å². The van der Waals surface area contributed by atoms with Gasteiger partial charge in [0.15, 0.2) is 11.5 Å². The standard InChI is InChI=1S/C19H20O2S/c1-4-14-5-9-16(10-6-14)19(22)12-8-15-7-11-17(20-2)18(13-15)21-3/h5-13H,4H2,1-3H3. The Kier molecular flexibility index (Phi) is 5.73. The molecule has 2 rings (SSSR count). The van der Waals surface area contributed by atoms with Crippen molar-refractivity contribution in [3.05, 3.63) is 65.2 Å². The summed E-state index contributed by atoms with van der Waals surface area (Å²) in [6.45, 7) is 2.14. The monoisotopic (exact) mass is 312 g/mol. The van der Waals surface area contributed by atoms with Crippen LogP contribution < -0.4 is 9.47 Å². The third kappa shape index (κ3) is 3.95. The molecule has 2 aromatic rings. The molecule has 0 aliphatic carbocycles. The van der Waals surface area contributed by atoms with Gasteiger partial charge >= 0.3 is 0 Å². The smallest absolute Gasteiger partial charge is 0.161 e. The lowest BCUT2D eigenvalue weighted by molar-refractivity contribution is 0.355. The summed E-state index contributed by atoms with van der Waals surface area (Å²) in [5.41, 5.74) is 3.39. The molecular weight excluding hydrogens is 292 g/mol. The second-order valence-electron chi connectivity index (χ2n) is 4.86. The van der Waals surface area contributed by atoms with Crippen LogP contribution in [0.3, 0.4) is 0 Å². The highest BCUT2D eigenvalue weighted by Crippen LogP contribution is 2.28. The molecule has 22 heavy (non-hydrogen) atoms. The van der Waals surface area contributed by atoms with Crippen LogP contribution in [-0.2, 0) is 6.42 Å². The molecule has 0 N–H and O–H groups in total. The van der Waals surface area contributed by atoms with Crippen molar-refractivity contribution in [2.45, 2.75) is 13.3 Å². The minimum Gasteiger partial charge on any atom is -0.493 e. The van der Waals surface area contributed by atoms with E-state index in [0.717, 1.165) is 28.2 Å². The minimum absolute atomic E-state index is 0.711. The van der Waals surface area contributed by atoms with E-state index in [0.29, 0.717) is 5.75 Å². The van der Waals surface area contributed by atoms with E-state index in [4.69, 9.17) is 21.7 Å². The SMILES string of the molecule is CCc1ccc(C(=S)C=Cc2ccc(OC)c(OC)c2)cc1. The fourth-order valence-corrected chi connectivity index (χ4v) is 2.33. The van der Waals surface area contributed by atoms with Gasteiger partial charge in [-0.1, -0.05) is 55.5 Å². The predicted molar refractivity (Wildman–Crippen MR) is 96.1 cm³/mol. The van der Waals surface area contributed by atoms with Crippen molar-refractivity contribution < 1.29 is 9.47 Å². The summed E-state index contributed by atoms with van der Waals surface area (Å²) in [4.78, 5) is 0.817. The fourth-order valence-electron chi connectivity index (χ4n) is 2.13. The minimum atomic E-state index is 0.711. The maximum absolute atomic E-state index is 5.47. The summed E-state index contributed by atoms with van der Waals surface area (Å²) in [5, 5.41) is 0. The summed E-state index contributed by atoms with van der Waals surface area (Å²) < 4.78 is 10.5. The summed E-state index contributed by atoms with van der Waals surface area (Å²) in [6, 6.07) is 14.2. The molecule has 0 saturated carbocycles. The third-order valence-corrected chi connectivity index (χ3v) is 3.85. The summed E-state index contributed by atoms with van der Waals surface area (Å²) in [5.74, 6) is 1.43. The maximum atomic E-state index is 5.47. The molecule has 0 radical (unpaired) electrons. The van der Waals surface area contributed by atoms with E-state index >= 15 is 0 Å². The second-order valence-corrected chi connectivity index (χ2v) is 5.30. The zero-order valence-electron chi connectivity index (χ0n) is 13.1. The van der Waals surface area contributed by atoms with Crippen molar-refractivity contribution in [2.24, 2.45) is 0 Å². The molecule has 0 aromatic heterocycles. The number of benzene rings is 2. The number of hydrogen-bond acceptors (Lipinski definition) is 3. The van der Waals surface area contributed by atoms with Gasteiger partial charge in [-0.15, -0.1) is 0 Å². The van der Waals surface area contributed by atoms with Crippen LogP contribution in [0, 0.1) is 0 Å². The van der Waals surface area contributed by atoms with Crippen LogP contribution in [-0.4, -0.2) is 19.1 Å². The van der Waals surface area contributed by atoms with E-state index < -0.39 is 0 Å². The molecule has 2 nitrogen and oxygen atoms in total. The molecule has 0 fully saturated rings. The normalized spacial score (nSPS) is 10.7. The van der Waals surface area contributed by atoms with Crippen molar-refractivity contribution >= 4 is 23.2 Å². The molecule has 0 aliphatic heterocycles. The Bertz CT molecular complexity index is 672. The molecule has 0 atom stereocenters. The zero-order chi connectivity index (χ0) is 15.9. The number of aryl methyl sites for hydroxylation is 1. The first kappa shape index (κ1) is 16.2. The van der Waals surface area contributed by atoms with E-state index in [1.807, 2.05) is 30.4 Å². The first-order chi connectivity index (χ1) is 10.7. The molecule has 3 heteroatoms. The number of rotatable bonds is 6. The molecule has 0 bridgehead atoms. The number of thiocarbonyl (C=S) groups is 1. The van der Waals surface area contributed by atoms with Crippen LogP contribution >= 0.6 is 12.2 Å². The second kappa shape index (κ2) is 7.76. The van der Waals surface area contributed by atoms with Gasteiger partial charge in [0.05, 0.1) is 14.2 Å². The Morgan fingerprint density at radius 2 is 1.68 bits per heavy atom. The van der Waals surface area contributed by atoms with Crippen molar-refractivity contribution in [2.75, 3.05) is 14.2 Å². The van der Waals surface area contributed by atoms with Gasteiger partial charge in [-0.05, 0) is 41.3 Å². The van der Waals surface area contributed by atoms with Crippen LogP contribution in [0.15, 0.2) is 48.5 Å². The van der Waals surface area contributed by atoms with Crippen molar-refractivity contribution in [3.8, 4) is 11.5 Å². The van der Waals surface area contributed by atoms with E-state index in [9.17, 15) is 0 Å². The van der Waals surface area contributed by atoms with Crippen LogP contribution in [0.1, 0.15) is 23.6 Å². The molecule has 0 amide bonds. The Labute approximate surface area is 137 Å². The van der Waals surface area contributed by atoms with Gasteiger partial charge in [-0.3, -0.25) is 0 Å². The van der Waals surface area contributed by atoms with Gasteiger partial charge in [0.1, 0.15) is 0 Å². The maximum Gasteiger partial charge on any atom is 0.161 e. The molecule has 0 saturated heterocycles. The van der Waals surface area contributed by atoms with E-state index in [1.165, 1.54) is 5.56 Å². The van der Waals surface area contributed by atoms with Crippen molar-refractivity contribution in [3.63, 3.8) is 0 Å². The molecule has 2 aromatic carbocycles. The fraction of sp³-hybridized carbons (Fsp3) is 0.211. The summed E-state index contributed by atoms with van der Waals surface area (Å²) in [7, 11) is 3.26. The highest BCUT2D eigenvalue weighted by molar-refractivity contribution is 7.81. The molecule has 0 unspecified atom stereocenters. The highest BCUT2D eigenvalue weighted by atomic mass is 32.1. The lowest BCUT2D eigenvalue weighted by Crippen LogP contribution is -1.93. The van der Waals surface area contributed by atoms with Gasteiger partial charge in [0.25, 0.3) is 0 Å². The van der Waals surface area contributed by atoms with Crippen LogP contribution in [0.4, 0.5) is 0 Å². The summed E-state index contributed by atoms with van der Waals surface area (Å²) in [6.07, 6.45) is 4.96. The van der Waals surface area contributed by atoms with E-state index in [2.05, 4.69) is 31.2 Å². The number of allylic oxidation sites excluding steroid dienone is 1. The van der Waals surface area contributed by atoms with Gasteiger partial charge in [0, 0.05) is 4.86 Å². The van der Waals surface area contributed by atoms with Gasteiger partial charge in [0.2, 0.25) is 0 Å². The van der Waals surface area contributed by atoms with Crippen molar-refractivity contribution in [1.82, 2.24) is 0 Å². The molecular formula is C19H20O2S. The van der Waals surface area contributed by atoms with Crippen molar-refractivity contribution in [1.29, 1.82) is 0 Å². The van der Waals surface area contributed by atoms with Gasteiger partial charge in [-0.25, -0.2) is 0 Å². The first-order valence-electron chi connectivity index (χ1n) is 7.21. The Morgan fingerprint density at radius 1 is 1.00 bits per heavy atom. The Balaban J connectivity index is 2.14. The number of methoxy groups -OCH3 is 2. The average molecular weight is 312 g/mol. The molecule has 114 valence electrons. The van der Waals surface area contributed by atoms with Gasteiger partial charge < -0.3 is 9.47 Å². The molecule has 0 spiro atoms. The number of hydrogen-bond donors (Lipinski definition) is 0. The summed E-state index contributed by atoms with van der Waals surface area (Å²) >= 11 is 5.47. The largest absolute Gasteiger partial charge is 0.493 e. The van der Waals surface area contributed by atoms with Gasteiger partial charge in [-0.2, -0.15) is 0 Å². The predicted octanol–water partition coefficient (Wildman–Crippen LogP) is 4.70. The van der Waals surface area contributed by atoms with Crippen LogP contribution in [0.25, 0.3) is 6.08 Å². The van der Waals surface area contributed by atoms with Crippen LogP contribution in [0.2, 0.25) is 0 Å². The Hall–Kier alpha value is -2.13. The lowest BCUT2D eigenvalue weighted by Gasteiger charge is -2.07. The number of ether oxygens (including phenoxy) is 2. The van der Waals surface area contributed by atoms with Crippen LogP contribution in [0.5, 0.6) is 11.5 Å². The quantitative estimate of drug-likeness (QED) is 0.438. The average Bonchev–Trinajstić information content (AvgIpc) is 2.59. The molecule has 0 aliphatic rings. The zero-order valence-corrected chi connectivity index (χ0v) is 13.9. The molecule has 0 heterocycles. The van der Waals surface area contributed by atoms with E-state index in [1.54, 1.807) is 14.2 Å². The Morgan fingerprint density at radius 3 is 2.27 bits per heavy atom. The third-order valence-electron chi connectivity index (χ3n) is 3.48. The lowest BCUT2D eigenvalue weighted by atomic mass is 10.1. The first-order valence-corrected chi connectivity index (χ1v) is 7.62.